The number of hydrazone groups is 1. The van der Waals surface area contributed by atoms with Crippen molar-refractivity contribution in [2.24, 2.45) is 5.10 Å². The molecule has 0 radical (unpaired) electrons. The standard InChI is InChI=1S/C13H13N5O/c1-2-4-13(19)16-10-5-3-6-11(7-10)17-18-12(8-14)9-15/h3,5-7,17H,2,4H2,1H3,(H,16,19). The molecule has 1 amide bonds. The van der Waals surface area contributed by atoms with E-state index in [-0.39, 0.29) is 11.6 Å². The van der Waals surface area contributed by atoms with E-state index in [2.05, 4.69) is 15.8 Å². The third-order valence-electron chi connectivity index (χ3n) is 2.13. The minimum Gasteiger partial charge on any atom is -0.326 e. The van der Waals surface area contributed by atoms with E-state index in [1.54, 1.807) is 36.4 Å². The van der Waals surface area contributed by atoms with Crippen LogP contribution in [0.5, 0.6) is 0 Å². The summed E-state index contributed by atoms with van der Waals surface area (Å²) in [4.78, 5) is 11.4. The quantitative estimate of drug-likeness (QED) is 0.622. The van der Waals surface area contributed by atoms with Crippen LogP contribution < -0.4 is 10.7 Å². The van der Waals surface area contributed by atoms with Crippen molar-refractivity contribution in [2.45, 2.75) is 19.8 Å². The van der Waals surface area contributed by atoms with Crippen LogP contribution in [0.25, 0.3) is 0 Å². The monoisotopic (exact) mass is 255 g/mol. The van der Waals surface area contributed by atoms with Gasteiger partial charge in [-0.1, -0.05) is 13.0 Å². The number of carbonyl (C=O) groups is 1. The van der Waals surface area contributed by atoms with Gasteiger partial charge in [-0.15, -0.1) is 0 Å². The zero-order chi connectivity index (χ0) is 14.1. The maximum atomic E-state index is 11.4. The van der Waals surface area contributed by atoms with Crippen LogP contribution in [0.15, 0.2) is 29.4 Å². The number of nitriles is 2. The molecule has 0 bridgehead atoms. The largest absolute Gasteiger partial charge is 0.326 e. The van der Waals surface area contributed by atoms with E-state index in [9.17, 15) is 4.79 Å². The summed E-state index contributed by atoms with van der Waals surface area (Å²) in [6.45, 7) is 1.93. The number of hydrogen-bond donors (Lipinski definition) is 2. The van der Waals surface area contributed by atoms with Crippen LogP contribution in [-0.4, -0.2) is 11.6 Å². The van der Waals surface area contributed by atoms with Gasteiger partial charge in [0.25, 0.3) is 0 Å². The molecule has 0 atom stereocenters. The molecule has 19 heavy (non-hydrogen) atoms. The van der Waals surface area contributed by atoms with Gasteiger partial charge >= 0.3 is 0 Å². The number of benzene rings is 1. The highest BCUT2D eigenvalue weighted by molar-refractivity contribution is 6.10. The molecule has 0 saturated heterocycles. The van der Waals surface area contributed by atoms with Crippen LogP contribution in [0.2, 0.25) is 0 Å². The van der Waals surface area contributed by atoms with Crippen molar-refractivity contribution in [2.75, 3.05) is 10.7 Å². The van der Waals surface area contributed by atoms with Crippen LogP contribution >= 0.6 is 0 Å². The lowest BCUT2D eigenvalue weighted by atomic mass is 10.2. The molecule has 0 unspecified atom stereocenters. The highest BCUT2D eigenvalue weighted by Gasteiger charge is 2.01. The molecule has 0 aromatic heterocycles. The van der Waals surface area contributed by atoms with E-state index in [1.807, 2.05) is 6.92 Å². The SMILES string of the molecule is CCCC(=O)Nc1cccc(NN=C(C#N)C#N)c1. The second kappa shape index (κ2) is 7.46. The zero-order valence-electron chi connectivity index (χ0n) is 10.5. The van der Waals surface area contributed by atoms with Crippen LogP contribution in [-0.2, 0) is 4.79 Å². The second-order valence-electron chi connectivity index (χ2n) is 3.67. The molecule has 1 aromatic carbocycles. The Morgan fingerprint density at radius 1 is 1.32 bits per heavy atom. The van der Waals surface area contributed by atoms with E-state index >= 15 is 0 Å². The van der Waals surface area contributed by atoms with Gasteiger partial charge in [-0.25, -0.2) is 0 Å². The summed E-state index contributed by atoms with van der Waals surface area (Å²) >= 11 is 0. The summed E-state index contributed by atoms with van der Waals surface area (Å²) in [5, 5.41) is 23.4. The first-order valence-electron chi connectivity index (χ1n) is 5.73. The van der Waals surface area contributed by atoms with E-state index in [0.717, 1.165) is 6.42 Å². The summed E-state index contributed by atoms with van der Waals surface area (Å²) < 4.78 is 0. The highest BCUT2D eigenvalue weighted by atomic mass is 16.1. The summed E-state index contributed by atoms with van der Waals surface area (Å²) in [5.74, 6) is -0.0575. The van der Waals surface area contributed by atoms with Crippen LogP contribution in [0.3, 0.4) is 0 Å². The first-order valence-corrected chi connectivity index (χ1v) is 5.73. The van der Waals surface area contributed by atoms with Gasteiger partial charge in [-0.2, -0.15) is 15.6 Å². The average molecular weight is 255 g/mol. The molecule has 6 heteroatoms. The molecule has 96 valence electrons. The topological polar surface area (TPSA) is 101 Å². The zero-order valence-corrected chi connectivity index (χ0v) is 10.5. The molecule has 1 aromatic rings. The second-order valence-corrected chi connectivity index (χ2v) is 3.67. The Morgan fingerprint density at radius 2 is 2.00 bits per heavy atom. The minimum absolute atomic E-state index is 0.0575. The van der Waals surface area contributed by atoms with Crippen molar-refractivity contribution in [3.63, 3.8) is 0 Å². The number of nitrogens with zero attached hydrogens (tertiary/aromatic N) is 3. The fourth-order valence-electron chi connectivity index (χ4n) is 1.31. The Bertz CT molecular complexity index is 549. The van der Waals surface area contributed by atoms with Crippen LogP contribution in [0.1, 0.15) is 19.8 Å². The molecule has 1 rings (SSSR count). The van der Waals surface area contributed by atoms with E-state index in [4.69, 9.17) is 10.5 Å². The Kier molecular flexibility index (Phi) is 5.58. The van der Waals surface area contributed by atoms with Gasteiger partial charge in [0.2, 0.25) is 11.6 Å². The first-order chi connectivity index (χ1) is 9.19. The molecule has 0 fully saturated rings. The van der Waals surface area contributed by atoms with Gasteiger partial charge in [0.1, 0.15) is 12.1 Å². The van der Waals surface area contributed by atoms with Crippen molar-refractivity contribution < 1.29 is 4.79 Å². The minimum atomic E-state index is -0.263. The predicted octanol–water partition coefficient (Wildman–Crippen LogP) is 2.24. The van der Waals surface area contributed by atoms with Gasteiger partial charge in [-0.3, -0.25) is 10.2 Å². The number of anilines is 2. The lowest BCUT2D eigenvalue weighted by Gasteiger charge is -2.06. The Hall–Kier alpha value is -2.86. The Labute approximate surface area is 111 Å². The van der Waals surface area contributed by atoms with E-state index < -0.39 is 0 Å². The molecule has 0 aliphatic heterocycles. The molecule has 6 nitrogen and oxygen atoms in total. The van der Waals surface area contributed by atoms with Gasteiger partial charge in [-0.05, 0) is 24.6 Å². The van der Waals surface area contributed by atoms with Gasteiger partial charge in [0.05, 0.1) is 5.69 Å². The molecule has 0 saturated carbocycles. The Morgan fingerprint density at radius 3 is 2.63 bits per heavy atom. The molecule has 0 aliphatic rings. The molecule has 0 heterocycles. The number of amides is 1. The van der Waals surface area contributed by atoms with Crippen molar-refractivity contribution >= 4 is 23.0 Å². The predicted molar refractivity (Wildman–Crippen MR) is 72.3 cm³/mol. The average Bonchev–Trinajstić information content (AvgIpc) is 2.40. The highest BCUT2D eigenvalue weighted by Crippen LogP contribution is 2.15. The van der Waals surface area contributed by atoms with Crippen LogP contribution in [0.4, 0.5) is 11.4 Å². The molecule has 0 spiro atoms. The molecule has 2 N–H and O–H groups in total. The summed E-state index contributed by atoms with van der Waals surface area (Å²) in [5.41, 5.74) is 3.53. The van der Waals surface area contributed by atoms with E-state index in [0.29, 0.717) is 17.8 Å². The van der Waals surface area contributed by atoms with Gasteiger partial charge in [0, 0.05) is 12.1 Å². The van der Waals surface area contributed by atoms with E-state index in [1.165, 1.54) is 0 Å². The number of carbonyl (C=O) groups excluding carboxylic acids is 1. The smallest absolute Gasteiger partial charge is 0.237 e. The maximum Gasteiger partial charge on any atom is 0.237 e. The van der Waals surface area contributed by atoms with Crippen molar-refractivity contribution in [1.82, 2.24) is 0 Å². The fraction of sp³-hybridized carbons (Fsp3) is 0.231. The third-order valence-corrected chi connectivity index (χ3v) is 2.13. The van der Waals surface area contributed by atoms with Crippen molar-refractivity contribution in [1.29, 1.82) is 10.5 Å². The molecular weight excluding hydrogens is 242 g/mol. The third kappa shape index (κ3) is 4.88. The maximum absolute atomic E-state index is 11.4. The normalized spacial score (nSPS) is 8.79. The number of hydrogen-bond acceptors (Lipinski definition) is 5. The fourth-order valence-corrected chi connectivity index (χ4v) is 1.31. The lowest BCUT2D eigenvalue weighted by molar-refractivity contribution is -0.116. The number of rotatable bonds is 5. The first kappa shape index (κ1) is 14.2. The lowest BCUT2D eigenvalue weighted by Crippen LogP contribution is -2.10. The van der Waals surface area contributed by atoms with Gasteiger partial charge < -0.3 is 5.32 Å². The van der Waals surface area contributed by atoms with Crippen molar-refractivity contribution in [3.05, 3.63) is 24.3 Å². The summed E-state index contributed by atoms with van der Waals surface area (Å²) in [6.07, 6.45) is 1.24. The summed E-state index contributed by atoms with van der Waals surface area (Å²) in [6, 6.07) is 10.2. The summed E-state index contributed by atoms with van der Waals surface area (Å²) in [7, 11) is 0. The number of nitrogens with one attached hydrogen (secondary N) is 2. The molecule has 0 aliphatic carbocycles. The Balaban J connectivity index is 2.73. The van der Waals surface area contributed by atoms with Crippen molar-refractivity contribution in [3.8, 4) is 12.1 Å². The van der Waals surface area contributed by atoms with Gasteiger partial charge in [0.15, 0.2) is 0 Å². The molecular formula is C13H13N5O. The van der Waals surface area contributed by atoms with Crippen LogP contribution in [0, 0.1) is 22.7 Å².